The Balaban J connectivity index is 1.74. The van der Waals surface area contributed by atoms with Crippen molar-refractivity contribution in [1.82, 2.24) is 9.97 Å². The summed E-state index contributed by atoms with van der Waals surface area (Å²) in [5.41, 5.74) is 2.19. The smallest absolute Gasteiger partial charge is 0.224 e. The van der Waals surface area contributed by atoms with Crippen LogP contribution in [-0.4, -0.2) is 9.97 Å². The van der Waals surface area contributed by atoms with Crippen molar-refractivity contribution in [2.24, 2.45) is 5.92 Å². The van der Waals surface area contributed by atoms with Crippen LogP contribution in [-0.2, 0) is 0 Å². The molecule has 4 rings (SSSR count). The minimum absolute atomic E-state index is 0.246. The molecule has 128 valence electrons. The van der Waals surface area contributed by atoms with E-state index in [0.29, 0.717) is 5.92 Å². The van der Waals surface area contributed by atoms with Crippen LogP contribution in [0.4, 0.5) is 5.82 Å². The van der Waals surface area contributed by atoms with Crippen molar-refractivity contribution >= 4 is 28.3 Å². The summed E-state index contributed by atoms with van der Waals surface area (Å²) >= 11 is 6.18. The lowest BCUT2D eigenvalue weighted by atomic mass is 9.81. The number of nitrogens with one attached hydrogen (secondary N) is 1. The molecule has 1 aliphatic carbocycles. The number of halogens is 1. The molecule has 3 aromatic rings. The summed E-state index contributed by atoms with van der Waals surface area (Å²) in [6, 6.07) is 19.0. The quantitative estimate of drug-likeness (QED) is 0.584. The van der Waals surface area contributed by atoms with Gasteiger partial charge < -0.3 is 5.32 Å². The maximum absolute atomic E-state index is 6.18. The molecule has 0 spiro atoms. The molecule has 0 amide bonds. The molecule has 1 atom stereocenters. The van der Waals surface area contributed by atoms with Gasteiger partial charge in [0.15, 0.2) is 0 Å². The number of benzene rings is 2. The first-order chi connectivity index (χ1) is 12.3. The third-order valence-electron chi connectivity index (χ3n) is 5.15. The van der Waals surface area contributed by atoms with E-state index in [9.17, 15) is 0 Å². The standard InChI is InChI=1S/C21H22ClN3/c22-21-23-18-14-8-7-13-17(18)20(25-21)24-19(15-9-3-1-4-10-15)16-11-5-2-6-12-16/h1,3-4,7-10,13-14,16,19H,2,5-6,11-12H2,(H,23,24,25). The van der Waals surface area contributed by atoms with Crippen LogP contribution in [0, 0.1) is 5.92 Å². The van der Waals surface area contributed by atoms with E-state index in [1.807, 2.05) is 18.2 Å². The molecule has 4 heteroatoms. The predicted molar refractivity (Wildman–Crippen MR) is 104 cm³/mol. The van der Waals surface area contributed by atoms with E-state index in [1.165, 1.54) is 37.7 Å². The van der Waals surface area contributed by atoms with E-state index >= 15 is 0 Å². The van der Waals surface area contributed by atoms with Gasteiger partial charge in [-0.25, -0.2) is 9.97 Å². The maximum atomic E-state index is 6.18. The summed E-state index contributed by atoms with van der Waals surface area (Å²) < 4.78 is 0. The molecule has 0 radical (unpaired) electrons. The molecule has 0 aliphatic heterocycles. The van der Waals surface area contributed by atoms with Crippen molar-refractivity contribution in [3.05, 3.63) is 65.4 Å². The lowest BCUT2D eigenvalue weighted by molar-refractivity contribution is 0.320. The van der Waals surface area contributed by atoms with Crippen molar-refractivity contribution in [3.8, 4) is 0 Å². The minimum Gasteiger partial charge on any atom is -0.362 e. The fourth-order valence-electron chi connectivity index (χ4n) is 3.91. The van der Waals surface area contributed by atoms with Crippen LogP contribution >= 0.6 is 11.6 Å². The summed E-state index contributed by atoms with van der Waals surface area (Å²) in [7, 11) is 0. The second-order valence-electron chi connectivity index (χ2n) is 6.79. The Morgan fingerprint density at radius 2 is 1.60 bits per heavy atom. The highest BCUT2D eigenvalue weighted by Crippen LogP contribution is 2.37. The molecule has 0 saturated heterocycles. The Bertz CT molecular complexity index is 844. The predicted octanol–water partition coefficient (Wildman–Crippen LogP) is 6.02. The second-order valence-corrected chi connectivity index (χ2v) is 7.13. The normalized spacial score (nSPS) is 16.7. The number of nitrogens with zero attached hydrogens (tertiary/aromatic N) is 2. The highest BCUT2D eigenvalue weighted by molar-refractivity contribution is 6.28. The summed E-state index contributed by atoms with van der Waals surface area (Å²) in [4.78, 5) is 8.85. The molecule has 25 heavy (non-hydrogen) atoms. The molecule has 1 aromatic heterocycles. The van der Waals surface area contributed by atoms with Crippen molar-refractivity contribution in [2.45, 2.75) is 38.1 Å². The van der Waals surface area contributed by atoms with Crippen molar-refractivity contribution < 1.29 is 0 Å². The summed E-state index contributed by atoms with van der Waals surface area (Å²) in [6.07, 6.45) is 6.47. The zero-order chi connectivity index (χ0) is 17.1. The third-order valence-corrected chi connectivity index (χ3v) is 5.32. The van der Waals surface area contributed by atoms with Crippen LogP contribution in [0.5, 0.6) is 0 Å². The van der Waals surface area contributed by atoms with Crippen LogP contribution in [0.1, 0.15) is 43.7 Å². The number of hydrogen-bond acceptors (Lipinski definition) is 3. The molecule has 0 bridgehead atoms. The number of aromatic nitrogens is 2. The van der Waals surface area contributed by atoms with Gasteiger partial charge in [-0.2, -0.15) is 0 Å². The zero-order valence-electron chi connectivity index (χ0n) is 14.2. The molecule has 1 fully saturated rings. The van der Waals surface area contributed by atoms with Gasteiger partial charge in [0, 0.05) is 5.39 Å². The summed E-state index contributed by atoms with van der Waals surface area (Å²) in [5.74, 6) is 1.44. The molecule has 1 saturated carbocycles. The topological polar surface area (TPSA) is 37.8 Å². The van der Waals surface area contributed by atoms with Gasteiger partial charge in [-0.05, 0) is 48.1 Å². The average molecular weight is 352 g/mol. The van der Waals surface area contributed by atoms with Crippen LogP contribution in [0.3, 0.4) is 0 Å². The molecule has 1 aliphatic rings. The maximum Gasteiger partial charge on any atom is 0.224 e. The lowest BCUT2D eigenvalue weighted by Crippen LogP contribution is -2.23. The SMILES string of the molecule is Clc1nc(NC(c2ccccc2)C2CCCCC2)c2ccccc2n1. The third kappa shape index (κ3) is 3.62. The van der Waals surface area contributed by atoms with Crippen LogP contribution in [0.2, 0.25) is 5.28 Å². The van der Waals surface area contributed by atoms with E-state index in [-0.39, 0.29) is 11.3 Å². The number of hydrogen-bond donors (Lipinski definition) is 1. The van der Waals surface area contributed by atoms with Crippen LogP contribution in [0.25, 0.3) is 10.9 Å². The van der Waals surface area contributed by atoms with Gasteiger partial charge in [0.25, 0.3) is 0 Å². The highest BCUT2D eigenvalue weighted by atomic mass is 35.5. The Kier molecular flexibility index (Phi) is 4.84. The van der Waals surface area contributed by atoms with E-state index < -0.39 is 0 Å². The number of anilines is 1. The van der Waals surface area contributed by atoms with Crippen molar-refractivity contribution in [3.63, 3.8) is 0 Å². The minimum atomic E-state index is 0.246. The second kappa shape index (κ2) is 7.40. The van der Waals surface area contributed by atoms with E-state index in [1.54, 1.807) is 0 Å². The number of rotatable bonds is 4. The molecule has 1 heterocycles. The molecular formula is C21H22ClN3. The monoisotopic (exact) mass is 351 g/mol. The molecular weight excluding hydrogens is 330 g/mol. The largest absolute Gasteiger partial charge is 0.362 e. The average Bonchev–Trinajstić information content (AvgIpc) is 2.67. The summed E-state index contributed by atoms with van der Waals surface area (Å²) in [6.45, 7) is 0. The van der Waals surface area contributed by atoms with Crippen molar-refractivity contribution in [2.75, 3.05) is 5.32 Å². The van der Waals surface area contributed by atoms with E-state index in [2.05, 4.69) is 51.7 Å². The fourth-order valence-corrected chi connectivity index (χ4v) is 4.08. The molecule has 2 aromatic carbocycles. The van der Waals surface area contributed by atoms with E-state index in [0.717, 1.165) is 16.7 Å². The first kappa shape index (κ1) is 16.3. The highest BCUT2D eigenvalue weighted by Gasteiger charge is 2.26. The molecule has 3 nitrogen and oxygen atoms in total. The van der Waals surface area contributed by atoms with Crippen LogP contribution < -0.4 is 5.32 Å². The number of fused-ring (bicyclic) bond motifs is 1. The van der Waals surface area contributed by atoms with Gasteiger partial charge in [-0.3, -0.25) is 0 Å². The van der Waals surface area contributed by atoms with E-state index in [4.69, 9.17) is 11.6 Å². The van der Waals surface area contributed by atoms with Gasteiger partial charge in [0.2, 0.25) is 5.28 Å². The Morgan fingerprint density at radius 3 is 2.40 bits per heavy atom. The molecule has 1 unspecified atom stereocenters. The molecule has 1 N–H and O–H groups in total. The fraction of sp³-hybridized carbons (Fsp3) is 0.333. The first-order valence-electron chi connectivity index (χ1n) is 9.05. The lowest BCUT2D eigenvalue weighted by Gasteiger charge is -2.32. The van der Waals surface area contributed by atoms with Gasteiger partial charge in [0.05, 0.1) is 11.6 Å². The van der Waals surface area contributed by atoms with Gasteiger partial charge in [-0.15, -0.1) is 0 Å². The van der Waals surface area contributed by atoms with Crippen LogP contribution in [0.15, 0.2) is 54.6 Å². The Hall–Kier alpha value is -2.13. The zero-order valence-corrected chi connectivity index (χ0v) is 14.9. The number of para-hydroxylation sites is 1. The summed E-state index contributed by atoms with van der Waals surface area (Å²) in [5, 5.41) is 5.02. The Morgan fingerprint density at radius 1 is 0.880 bits per heavy atom. The van der Waals surface area contributed by atoms with Gasteiger partial charge in [0.1, 0.15) is 5.82 Å². The Labute approximate surface area is 153 Å². The van der Waals surface area contributed by atoms with Crippen molar-refractivity contribution in [1.29, 1.82) is 0 Å². The van der Waals surface area contributed by atoms with Gasteiger partial charge >= 0.3 is 0 Å². The van der Waals surface area contributed by atoms with Gasteiger partial charge in [-0.1, -0.05) is 61.7 Å². The first-order valence-corrected chi connectivity index (χ1v) is 9.43.